The average molecular weight is 420 g/mol. The summed E-state index contributed by atoms with van der Waals surface area (Å²) in [5.74, 6) is 0.151. The number of carbonyl (C=O) groups is 2. The number of imide groups is 1. The molecule has 0 aliphatic carbocycles. The Bertz CT molecular complexity index is 1080. The zero-order valence-corrected chi connectivity index (χ0v) is 17.5. The van der Waals surface area contributed by atoms with Crippen LogP contribution in [-0.4, -0.2) is 49.1 Å². The lowest BCUT2D eigenvalue weighted by molar-refractivity contribution is 0.0609. The van der Waals surface area contributed by atoms with E-state index in [-0.39, 0.29) is 17.6 Å². The maximum Gasteiger partial charge on any atom is 0.261 e. The van der Waals surface area contributed by atoms with E-state index in [9.17, 15) is 14.7 Å². The van der Waals surface area contributed by atoms with Gasteiger partial charge in [-0.05, 0) is 48.2 Å². The highest BCUT2D eigenvalue weighted by Gasteiger charge is 2.32. The van der Waals surface area contributed by atoms with Gasteiger partial charge in [0.2, 0.25) is 5.75 Å². The average Bonchev–Trinajstić information content (AvgIpc) is 2.79. The first-order valence-electron chi connectivity index (χ1n) is 10.1. The number of nitrogens with zero attached hydrogens (tertiary/aromatic N) is 1. The van der Waals surface area contributed by atoms with Crippen LogP contribution in [0.1, 0.15) is 32.7 Å². The summed E-state index contributed by atoms with van der Waals surface area (Å²) in [5.41, 5.74) is 2.03. The second kappa shape index (κ2) is 8.65. The van der Waals surface area contributed by atoms with E-state index in [2.05, 4.69) is 5.32 Å². The molecule has 4 rings (SSSR count). The number of rotatable bonds is 8. The summed E-state index contributed by atoms with van der Waals surface area (Å²) < 4.78 is 10.3. The summed E-state index contributed by atoms with van der Waals surface area (Å²) in [5, 5.41) is 14.9. The molecule has 1 heterocycles. The molecule has 0 aromatic heterocycles. The second-order valence-electron chi connectivity index (χ2n) is 7.35. The monoisotopic (exact) mass is 420 g/mol. The van der Waals surface area contributed by atoms with Crippen molar-refractivity contribution in [2.24, 2.45) is 0 Å². The van der Waals surface area contributed by atoms with Crippen LogP contribution in [0.4, 0.5) is 0 Å². The van der Waals surface area contributed by atoms with E-state index in [1.54, 1.807) is 24.3 Å². The van der Waals surface area contributed by atoms with Gasteiger partial charge in [0, 0.05) is 29.6 Å². The molecule has 3 aromatic carbocycles. The van der Waals surface area contributed by atoms with Gasteiger partial charge in [-0.1, -0.05) is 24.3 Å². The zero-order valence-electron chi connectivity index (χ0n) is 17.5. The van der Waals surface area contributed by atoms with E-state index < -0.39 is 0 Å². The molecule has 0 radical (unpaired) electrons. The summed E-state index contributed by atoms with van der Waals surface area (Å²) in [4.78, 5) is 27.1. The maximum absolute atomic E-state index is 12.9. The van der Waals surface area contributed by atoms with E-state index in [0.29, 0.717) is 48.7 Å². The molecule has 1 aliphatic heterocycles. The van der Waals surface area contributed by atoms with Crippen LogP contribution in [0.3, 0.4) is 0 Å². The number of hydrogen-bond donors (Lipinski definition) is 2. The number of amides is 2. The Morgan fingerprint density at radius 3 is 2.06 bits per heavy atom. The van der Waals surface area contributed by atoms with Crippen LogP contribution in [-0.2, 0) is 6.54 Å². The Kier molecular flexibility index (Phi) is 5.77. The molecule has 0 saturated carbocycles. The van der Waals surface area contributed by atoms with Crippen molar-refractivity contribution in [2.45, 2.75) is 13.0 Å². The first-order chi connectivity index (χ1) is 15.0. The highest BCUT2D eigenvalue weighted by molar-refractivity contribution is 6.25. The van der Waals surface area contributed by atoms with Gasteiger partial charge >= 0.3 is 0 Å². The van der Waals surface area contributed by atoms with Gasteiger partial charge in [0.25, 0.3) is 11.8 Å². The van der Waals surface area contributed by atoms with Gasteiger partial charge in [-0.3, -0.25) is 14.5 Å². The maximum atomic E-state index is 12.9. The van der Waals surface area contributed by atoms with Gasteiger partial charge in [-0.15, -0.1) is 0 Å². The Morgan fingerprint density at radius 1 is 0.935 bits per heavy atom. The van der Waals surface area contributed by atoms with Crippen molar-refractivity contribution in [2.75, 3.05) is 27.3 Å². The second-order valence-corrected chi connectivity index (χ2v) is 7.35. The van der Waals surface area contributed by atoms with E-state index >= 15 is 0 Å². The van der Waals surface area contributed by atoms with Crippen molar-refractivity contribution in [1.82, 2.24) is 10.2 Å². The van der Waals surface area contributed by atoms with Gasteiger partial charge in [-0.2, -0.15) is 0 Å². The smallest absolute Gasteiger partial charge is 0.261 e. The lowest BCUT2D eigenvalue weighted by Gasteiger charge is -2.27. The minimum Gasteiger partial charge on any atom is -0.502 e. The summed E-state index contributed by atoms with van der Waals surface area (Å²) in [6.45, 7) is 1.46. The first-order valence-corrected chi connectivity index (χ1v) is 10.1. The Hall–Kier alpha value is -3.58. The Labute approximate surface area is 180 Å². The number of phenols is 1. The van der Waals surface area contributed by atoms with Crippen molar-refractivity contribution in [3.63, 3.8) is 0 Å². The van der Waals surface area contributed by atoms with E-state index in [0.717, 1.165) is 16.3 Å². The molecule has 0 fully saturated rings. The number of carbonyl (C=O) groups excluding carboxylic acids is 2. The van der Waals surface area contributed by atoms with Crippen molar-refractivity contribution in [3.05, 3.63) is 65.2 Å². The third-order valence-corrected chi connectivity index (χ3v) is 5.46. The largest absolute Gasteiger partial charge is 0.502 e. The summed E-state index contributed by atoms with van der Waals surface area (Å²) in [6.07, 6.45) is 0.613. The molecule has 7 nitrogen and oxygen atoms in total. The molecule has 0 atom stereocenters. The van der Waals surface area contributed by atoms with Crippen LogP contribution in [0.5, 0.6) is 17.2 Å². The number of aromatic hydroxyl groups is 1. The van der Waals surface area contributed by atoms with Crippen LogP contribution < -0.4 is 14.8 Å². The van der Waals surface area contributed by atoms with Crippen LogP contribution >= 0.6 is 0 Å². The van der Waals surface area contributed by atoms with Gasteiger partial charge in [0.05, 0.1) is 14.2 Å². The molecule has 3 aromatic rings. The number of methoxy groups -OCH3 is 2. The normalized spacial score (nSPS) is 13.0. The quantitative estimate of drug-likeness (QED) is 0.429. The molecule has 0 bridgehead atoms. The zero-order chi connectivity index (χ0) is 22.0. The molecule has 160 valence electrons. The summed E-state index contributed by atoms with van der Waals surface area (Å²) >= 11 is 0. The lowest BCUT2D eigenvalue weighted by atomic mass is 9.94. The predicted molar refractivity (Wildman–Crippen MR) is 117 cm³/mol. The first kappa shape index (κ1) is 20.7. The third-order valence-electron chi connectivity index (χ3n) is 5.46. The highest BCUT2D eigenvalue weighted by Crippen LogP contribution is 2.37. The molecule has 2 N–H and O–H groups in total. The molecule has 1 aliphatic rings. The molecule has 0 saturated heterocycles. The fourth-order valence-corrected chi connectivity index (χ4v) is 3.93. The number of benzene rings is 3. The van der Waals surface area contributed by atoms with Gasteiger partial charge < -0.3 is 19.9 Å². The van der Waals surface area contributed by atoms with Gasteiger partial charge in [0.15, 0.2) is 11.5 Å². The molecule has 0 spiro atoms. The molecule has 7 heteroatoms. The standard InChI is InChI=1S/C24H24N2O5/c1-30-19-12-15(13-20(31-2)22(19)27)14-25-10-5-11-26-23(28)17-8-3-6-16-7-4-9-18(21(16)17)24(26)29/h3-4,6-9,12-13,25,27H,5,10-11,14H2,1-2H3. The Morgan fingerprint density at radius 2 is 1.52 bits per heavy atom. The van der Waals surface area contributed by atoms with Gasteiger partial charge in [0.1, 0.15) is 0 Å². The SMILES string of the molecule is COc1cc(CNCCCN2C(=O)c3cccc4cccc(c34)C2=O)cc(OC)c1O. The van der Waals surface area contributed by atoms with Crippen LogP contribution in [0, 0.1) is 0 Å². The number of nitrogens with one attached hydrogen (secondary N) is 1. The van der Waals surface area contributed by atoms with Crippen LogP contribution in [0.2, 0.25) is 0 Å². The van der Waals surface area contributed by atoms with Crippen molar-refractivity contribution >= 4 is 22.6 Å². The number of hydrogen-bond acceptors (Lipinski definition) is 6. The molecular formula is C24H24N2O5. The highest BCUT2D eigenvalue weighted by atomic mass is 16.5. The van der Waals surface area contributed by atoms with E-state index in [1.165, 1.54) is 19.1 Å². The summed E-state index contributed by atoms with van der Waals surface area (Å²) in [7, 11) is 2.97. The number of ether oxygens (including phenoxy) is 2. The topological polar surface area (TPSA) is 88.1 Å². The van der Waals surface area contributed by atoms with Crippen LogP contribution in [0.25, 0.3) is 10.8 Å². The molecular weight excluding hydrogens is 396 g/mol. The minimum atomic E-state index is -0.248. The van der Waals surface area contributed by atoms with Crippen LogP contribution in [0.15, 0.2) is 48.5 Å². The number of phenolic OH excluding ortho intramolecular Hbond substituents is 1. The predicted octanol–water partition coefficient (Wildman–Crippen LogP) is 3.34. The minimum absolute atomic E-state index is 0.0359. The van der Waals surface area contributed by atoms with Crippen molar-refractivity contribution < 1.29 is 24.2 Å². The third kappa shape index (κ3) is 3.80. The van der Waals surface area contributed by atoms with Gasteiger partial charge in [-0.25, -0.2) is 0 Å². The van der Waals surface area contributed by atoms with Crippen molar-refractivity contribution in [3.8, 4) is 17.2 Å². The molecule has 2 amide bonds. The fraction of sp³-hybridized carbons (Fsp3) is 0.250. The Balaban J connectivity index is 1.38. The molecule has 31 heavy (non-hydrogen) atoms. The fourth-order valence-electron chi connectivity index (χ4n) is 3.93. The lowest BCUT2D eigenvalue weighted by Crippen LogP contribution is -2.41. The van der Waals surface area contributed by atoms with Crippen molar-refractivity contribution in [1.29, 1.82) is 0 Å². The van der Waals surface area contributed by atoms with E-state index in [1.807, 2.05) is 24.3 Å². The van der Waals surface area contributed by atoms with E-state index in [4.69, 9.17) is 9.47 Å². The molecule has 0 unspecified atom stereocenters. The summed E-state index contributed by atoms with van der Waals surface area (Å²) in [6, 6.07) is 14.5.